The fraction of sp³-hybridized carbons (Fsp3) is 0.273. The van der Waals surface area contributed by atoms with Crippen LogP contribution in [0.2, 0.25) is 0 Å². The highest BCUT2D eigenvalue weighted by Crippen LogP contribution is 2.30. The van der Waals surface area contributed by atoms with Crippen LogP contribution in [0.1, 0.15) is 5.56 Å². The Bertz CT molecular complexity index is 440. The molecule has 0 saturated carbocycles. The number of carbonyl (C=O) groups is 1. The lowest BCUT2D eigenvalue weighted by atomic mass is 10.2. The lowest BCUT2D eigenvalue weighted by Gasteiger charge is -2.15. The highest BCUT2D eigenvalue weighted by Gasteiger charge is 2.23. The van der Waals surface area contributed by atoms with Crippen molar-refractivity contribution in [3.8, 4) is 5.75 Å². The minimum Gasteiger partial charge on any atom is -0.485 e. The molecule has 15 heavy (non-hydrogen) atoms. The third-order valence-corrected chi connectivity index (χ3v) is 2.41. The Morgan fingerprint density at radius 1 is 1.47 bits per heavy atom. The number of carbonyl (C=O) groups excluding carboxylic acids is 1. The van der Waals surface area contributed by atoms with Crippen LogP contribution in [0.5, 0.6) is 5.75 Å². The molecule has 0 spiro atoms. The van der Waals surface area contributed by atoms with Crippen molar-refractivity contribution in [1.29, 1.82) is 5.41 Å². The van der Waals surface area contributed by atoms with Crippen molar-refractivity contribution >= 4 is 17.3 Å². The smallest absolute Gasteiger partial charge is 0.275 e. The SMILES string of the molecule is Cc1ccc2c(c1)OCC(=N)C(=O)N2C. The highest BCUT2D eigenvalue weighted by atomic mass is 16.5. The third-order valence-electron chi connectivity index (χ3n) is 2.41. The molecule has 1 aliphatic heterocycles. The van der Waals surface area contributed by atoms with Crippen molar-refractivity contribution in [2.45, 2.75) is 6.92 Å². The first kappa shape index (κ1) is 9.71. The van der Waals surface area contributed by atoms with Crippen LogP contribution in [-0.2, 0) is 4.79 Å². The molecule has 1 aliphatic rings. The average Bonchev–Trinajstić information content (AvgIpc) is 2.32. The maximum atomic E-state index is 11.6. The molecule has 0 atom stereocenters. The largest absolute Gasteiger partial charge is 0.485 e. The van der Waals surface area contributed by atoms with Gasteiger partial charge in [-0.2, -0.15) is 0 Å². The Kier molecular flexibility index (Phi) is 2.19. The van der Waals surface area contributed by atoms with Gasteiger partial charge in [0.25, 0.3) is 5.91 Å². The molecular weight excluding hydrogens is 192 g/mol. The predicted molar refractivity (Wildman–Crippen MR) is 57.8 cm³/mol. The van der Waals surface area contributed by atoms with Crippen LogP contribution in [0.3, 0.4) is 0 Å². The summed E-state index contributed by atoms with van der Waals surface area (Å²) < 4.78 is 5.40. The van der Waals surface area contributed by atoms with E-state index < -0.39 is 0 Å². The van der Waals surface area contributed by atoms with Gasteiger partial charge in [0.15, 0.2) is 0 Å². The Morgan fingerprint density at radius 2 is 2.20 bits per heavy atom. The van der Waals surface area contributed by atoms with Gasteiger partial charge in [-0.1, -0.05) is 6.07 Å². The van der Waals surface area contributed by atoms with Crippen LogP contribution in [0.15, 0.2) is 18.2 Å². The van der Waals surface area contributed by atoms with Crippen LogP contribution in [-0.4, -0.2) is 25.3 Å². The van der Waals surface area contributed by atoms with Gasteiger partial charge in [-0.15, -0.1) is 0 Å². The summed E-state index contributed by atoms with van der Waals surface area (Å²) in [6, 6.07) is 5.62. The number of fused-ring (bicyclic) bond motifs is 1. The molecule has 4 heteroatoms. The molecule has 0 bridgehead atoms. The van der Waals surface area contributed by atoms with E-state index in [9.17, 15) is 4.79 Å². The lowest BCUT2D eigenvalue weighted by molar-refractivity contribution is -0.112. The van der Waals surface area contributed by atoms with E-state index in [-0.39, 0.29) is 18.2 Å². The van der Waals surface area contributed by atoms with Crippen molar-refractivity contribution in [3.63, 3.8) is 0 Å². The molecule has 0 unspecified atom stereocenters. The van der Waals surface area contributed by atoms with Gasteiger partial charge in [-0.25, -0.2) is 0 Å². The first-order chi connectivity index (χ1) is 7.09. The molecule has 4 nitrogen and oxygen atoms in total. The van der Waals surface area contributed by atoms with E-state index in [0.29, 0.717) is 11.4 Å². The number of aryl methyl sites for hydroxylation is 1. The molecule has 78 valence electrons. The van der Waals surface area contributed by atoms with E-state index in [4.69, 9.17) is 10.1 Å². The molecule has 1 aromatic rings. The molecule has 1 aromatic carbocycles. The van der Waals surface area contributed by atoms with Gasteiger partial charge in [0, 0.05) is 7.05 Å². The van der Waals surface area contributed by atoms with E-state index in [0.717, 1.165) is 5.56 Å². The van der Waals surface area contributed by atoms with Crippen molar-refractivity contribution in [2.75, 3.05) is 18.6 Å². The zero-order valence-corrected chi connectivity index (χ0v) is 8.70. The van der Waals surface area contributed by atoms with Gasteiger partial charge in [0.2, 0.25) is 0 Å². The number of nitrogens with one attached hydrogen (secondary N) is 1. The normalized spacial score (nSPS) is 15.7. The molecule has 1 heterocycles. The van der Waals surface area contributed by atoms with Crippen LogP contribution in [0.25, 0.3) is 0 Å². The third kappa shape index (κ3) is 1.58. The number of amides is 1. The quantitative estimate of drug-likeness (QED) is 0.694. The lowest BCUT2D eigenvalue weighted by Crippen LogP contribution is -2.33. The Morgan fingerprint density at radius 3 is 2.93 bits per heavy atom. The fourth-order valence-electron chi connectivity index (χ4n) is 1.54. The number of rotatable bonds is 0. The maximum Gasteiger partial charge on any atom is 0.275 e. The molecule has 0 saturated heterocycles. The first-order valence-electron chi connectivity index (χ1n) is 4.68. The van der Waals surface area contributed by atoms with E-state index >= 15 is 0 Å². The summed E-state index contributed by atoms with van der Waals surface area (Å²) >= 11 is 0. The number of hydrogen-bond donors (Lipinski definition) is 1. The summed E-state index contributed by atoms with van der Waals surface area (Å²) in [5.74, 6) is 0.353. The molecular formula is C11H12N2O2. The maximum absolute atomic E-state index is 11.6. The summed E-state index contributed by atoms with van der Waals surface area (Å²) in [5.41, 5.74) is 1.77. The number of anilines is 1. The second kappa shape index (κ2) is 3.38. The second-order valence-electron chi connectivity index (χ2n) is 3.60. The van der Waals surface area contributed by atoms with Gasteiger partial charge >= 0.3 is 0 Å². The van der Waals surface area contributed by atoms with Gasteiger partial charge in [0.05, 0.1) is 5.69 Å². The number of ether oxygens (including phenoxy) is 1. The molecule has 0 fully saturated rings. The van der Waals surface area contributed by atoms with Crippen molar-refractivity contribution < 1.29 is 9.53 Å². The zero-order chi connectivity index (χ0) is 11.0. The number of benzene rings is 1. The average molecular weight is 204 g/mol. The van der Waals surface area contributed by atoms with E-state index in [1.807, 2.05) is 25.1 Å². The molecule has 2 rings (SSSR count). The summed E-state index contributed by atoms with van der Waals surface area (Å²) in [6.07, 6.45) is 0. The topological polar surface area (TPSA) is 53.4 Å². The Hall–Kier alpha value is -1.84. The predicted octanol–water partition coefficient (Wildman–Crippen LogP) is 1.37. The Balaban J connectivity index is 2.52. The van der Waals surface area contributed by atoms with Crippen LogP contribution >= 0.6 is 0 Å². The van der Waals surface area contributed by atoms with E-state index in [1.165, 1.54) is 4.90 Å². The molecule has 0 aromatic heterocycles. The Labute approximate surface area is 88.0 Å². The summed E-state index contributed by atoms with van der Waals surface area (Å²) in [6.45, 7) is 2.00. The zero-order valence-electron chi connectivity index (χ0n) is 8.70. The van der Waals surface area contributed by atoms with Gasteiger partial charge in [-0.3, -0.25) is 10.2 Å². The van der Waals surface area contributed by atoms with Gasteiger partial charge in [-0.05, 0) is 24.6 Å². The van der Waals surface area contributed by atoms with Gasteiger partial charge < -0.3 is 9.64 Å². The molecule has 1 amide bonds. The van der Waals surface area contributed by atoms with Crippen LogP contribution in [0, 0.1) is 12.3 Å². The van der Waals surface area contributed by atoms with Crippen molar-refractivity contribution in [1.82, 2.24) is 0 Å². The van der Waals surface area contributed by atoms with Gasteiger partial charge in [0.1, 0.15) is 18.1 Å². The first-order valence-corrected chi connectivity index (χ1v) is 4.68. The van der Waals surface area contributed by atoms with Crippen molar-refractivity contribution in [3.05, 3.63) is 23.8 Å². The number of hydrogen-bond acceptors (Lipinski definition) is 3. The highest BCUT2D eigenvalue weighted by molar-refractivity contribution is 6.43. The van der Waals surface area contributed by atoms with E-state index in [2.05, 4.69) is 0 Å². The number of nitrogens with zero attached hydrogens (tertiary/aromatic N) is 1. The van der Waals surface area contributed by atoms with Crippen molar-refractivity contribution in [2.24, 2.45) is 0 Å². The fourth-order valence-corrected chi connectivity index (χ4v) is 1.54. The van der Waals surface area contributed by atoms with Crippen LogP contribution < -0.4 is 9.64 Å². The summed E-state index contributed by atoms with van der Waals surface area (Å²) in [4.78, 5) is 13.1. The minimum absolute atomic E-state index is 0.0219. The monoisotopic (exact) mass is 204 g/mol. The molecule has 0 aliphatic carbocycles. The standard InChI is InChI=1S/C11H12N2O2/c1-7-3-4-9-10(5-7)15-6-8(12)11(14)13(9)2/h3-5,12H,6H2,1-2H3. The van der Waals surface area contributed by atoms with E-state index in [1.54, 1.807) is 7.05 Å². The second-order valence-corrected chi connectivity index (χ2v) is 3.60. The summed E-state index contributed by atoms with van der Waals surface area (Å²) in [7, 11) is 1.65. The van der Waals surface area contributed by atoms with Crippen LogP contribution in [0.4, 0.5) is 5.69 Å². The summed E-state index contributed by atoms with van der Waals surface area (Å²) in [5, 5.41) is 7.48. The molecule has 1 N–H and O–H groups in total. The minimum atomic E-state index is -0.308. The molecule has 0 radical (unpaired) electrons.